The molecule has 1 saturated heterocycles. The zero-order valence-electron chi connectivity index (χ0n) is 12.5. The molecule has 1 aliphatic rings. The van der Waals surface area contributed by atoms with Crippen LogP contribution in [0.1, 0.15) is 19.4 Å². The number of halogens is 3. The fourth-order valence-corrected chi connectivity index (χ4v) is 2.45. The Morgan fingerprint density at radius 3 is 2.73 bits per heavy atom. The Morgan fingerprint density at radius 2 is 2.09 bits per heavy atom. The number of nitrogens with zero attached hydrogens (tertiary/aromatic N) is 1. The highest BCUT2D eigenvalue weighted by molar-refractivity contribution is 5.81. The van der Waals surface area contributed by atoms with Gasteiger partial charge in [0, 0.05) is 25.7 Å². The lowest BCUT2D eigenvalue weighted by molar-refractivity contribution is -0.145. The van der Waals surface area contributed by atoms with Gasteiger partial charge in [0.2, 0.25) is 0 Å². The third-order valence-corrected chi connectivity index (χ3v) is 3.63. The molecule has 2 rings (SSSR count). The second-order valence-electron chi connectivity index (χ2n) is 5.34. The summed E-state index contributed by atoms with van der Waals surface area (Å²) in [5, 5.41) is 3.15. The Bertz CT molecular complexity index is 534. The topological polar surface area (TPSA) is 41.6 Å². The highest BCUT2D eigenvalue weighted by Crippen LogP contribution is 2.36. The largest absolute Gasteiger partial charge is 0.480 e. The highest BCUT2D eigenvalue weighted by atomic mass is 19.4. The molecule has 1 aliphatic heterocycles. The average molecular weight is 316 g/mol. The van der Waals surface area contributed by atoms with Gasteiger partial charge in [0.1, 0.15) is 5.75 Å². The predicted octanol–water partition coefficient (Wildman–Crippen LogP) is 2.29. The molecule has 4 nitrogen and oxygen atoms in total. The van der Waals surface area contributed by atoms with Crippen molar-refractivity contribution in [3.05, 3.63) is 29.8 Å². The second-order valence-corrected chi connectivity index (χ2v) is 5.34. The normalized spacial score (nSPS) is 20.6. The van der Waals surface area contributed by atoms with Crippen molar-refractivity contribution in [2.24, 2.45) is 0 Å². The molecular weight excluding hydrogens is 297 g/mol. The first kappa shape index (κ1) is 16.6. The molecule has 1 aromatic carbocycles. The molecule has 0 radical (unpaired) electrons. The number of hydrogen-bond donors (Lipinski definition) is 1. The molecule has 1 aromatic rings. The number of nitrogens with one attached hydrogen (secondary N) is 1. The minimum atomic E-state index is -4.51. The van der Waals surface area contributed by atoms with Crippen LogP contribution in [0.15, 0.2) is 24.3 Å². The lowest BCUT2D eigenvalue weighted by Crippen LogP contribution is -2.55. The highest BCUT2D eigenvalue weighted by Gasteiger charge is 2.35. The van der Waals surface area contributed by atoms with E-state index < -0.39 is 17.8 Å². The fraction of sp³-hybridized carbons (Fsp3) is 0.533. The molecule has 0 aromatic heterocycles. The summed E-state index contributed by atoms with van der Waals surface area (Å²) in [6.45, 7) is 5.22. The summed E-state index contributed by atoms with van der Waals surface area (Å²) in [5.74, 6) is -0.621. The van der Waals surface area contributed by atoms with Crippen molar-refractivity contribution in [1.29, 1.82) is 0 Å². The number of alkyl halides is 3. The standard InChI is InChI=1S/C15H19F3N2O2/c1-10-9-19-7-8-20(10)14(21)11(2)22-13-6-4-3-5-12(13)15(16,17)18/h3-6,10-11,19H,7-9H2,1-2H3/t10-,11?/m0/s1. The van der Waals surface area contributed by atoms with Crippen molar-refractivity contribution in [2.45, 2.75) is 32.2 Å². The molecule has 0 saturated carbocycles. The molecular formula is C15H19F3N2O2. The Kier molecular flexibility index (Phi) is 4.95. The summed E-state index contributed by atoms with van der Waals surface area (Å²) in [6.07, 6.45) is -5.48. The van der Waals surface area contributed by atoms with Gasteiger partial charge < -0.3 is 15.0 Å². The molecule has 1 unspecified atom stereocenters. The summed E-state index contributed by atoms with van der Waals surface area (Å²) < 4.78 is 44.1. The van der Waals surface area contributed by atoms with Gasteiger partial charge in [-0.25, -0.2) is 0 Å². The van der Waals surface area contributed by atoms with Crippen LogP contribution in [0, 0.1) is 0 Å². The molecule has 1 N–H and O–H groups in total. The van der Waals surface area contributed by atoms with Gasteiger partial charge in [0.05, 0.1) is 5.56 Å². The van der Waals surface area contributed by atoms with Gasteiger partial charge in [-0.15, -0.1) is 0 Å². The van der Waals surface area contributed by atoms with Gasteiger partial charge in [0.15, 0.2) is 6.10 Å². The van der Waals surface area contributed by atoms with E-state index in [-0.39, 0.29) is 17.7 Å². The Hall–Kier alpha value is -1.76. The van der Waals surface area contributed by atoms with Crippen LogP contribution in [0.25, 0.3) is 0 Å². The Balaban J connectivity index is 2.12. The summed E-state index contributed by atoms with van der Waals surface area (Å²) in [6, 6.07) is 4.91. The maximum atomic E-state index is 12.9. The van der Waals surface area contributed by atoms with Crippen molar-refractivity contribution in [1.82, 2.24) is 10.2 Å². The summed E-state index contributed by atoms with van der Waals surface area (Å²) >= 11 is 0. The van der Waals surface area contributed by atoms with Crippen LogP contribution in [-0.2, 0) is 11.0 Å². The molecule has 22 heavy (non-hydrogen) atoms. The van der Waals surface area contributed by atoms with Crippen molar-refractivity contribution < 1.29 is 22.7 Å². The number of hydrogen-bond acceptors (Lipinski definition) is 3. The summed E-state index contributed by atoms with van der Waals surface area (Å²) in [4.78, 5) is 14.0. The first-order chi connectivity index (χ1) is 10.3. The first-order valence-electron chi connectivity index (χ1n) is 7.15. The molecule has 7 heteroatoms. The minimum absolute atomic E-state index is 0.00911. The van der Waals surface area contributed by atoms with E-state index in [1.54, 1.807) is 4.90 Å². The van der Waals surface area contributed by atoms with Gasteiger partial charge in [0.25, 0.3) is 5.91 Å². The van der Waals surface area contributed by atoms with E-state index in [1.807, 2.05) is 6.92 Å². The van der Waals surface area contributed by atoms with Crippen LogP contribution < -0.4 is 10.1 Å². The molecule has 0 aliphatic carbocycles. The fourth-order valence-electron chi connectivity index (χ4n) is 2.45. The summed E-state index contributed by atoms with van der Waals surface area (Å²) in [5.41, 5.74) is -0.872. The minimum Gasteiger partial charge on any atom is -0.480 e. The third kappa shape index (κ3) is 3.71. The number of rotatable bonds is 3. The van der Waals surface area contributed by atoms with E-state index in [2.05, 4.69) is 5.32 Å². The van der Waals surface area contributed by atoms with E-state index >= 15 is 0 Å². The molecule has 1 heterocycles. The molecule has 0 spiro atoms. The van der Waals surface area contributed by atoms with Gasteiger partial charge >= 0.3 is 6.18 Å². The van der Waals surface area contributed by atoms with Gasteiger partial charge in [-0.2, -0.15) is 13.2 Å². The zero-order chi connectivity index (χ0) is 16.3. The molecule has 1 fully saturated rings. The molecule has 0 bridgehead atoms. The number of piperazine rings is 1. The van der Waals surface area contributed by atoms with Gasteiger partial charge in [-0.05, 0) is 26.0 Å². The summed E-state index contributed by atoms with van der Waals surface area (Å²) in [7, 11) is 0. The zero-order valence-corrected chi connectivity index (χ0v) is 12.5. The number of ether oxygens (including phenoxy) is 1. The quantitative estimate of drug-likeness (QED) is 0.930. The number of carbonyl (C=O) groups excluding carboxylic acids is 1. The van der Waals surface area contributed by atoms with Crippen LogP contribution in [0.2, 0.25) is 0 Å². The van der Waals surface area contributed by atoms with Crippen LogP contribution in [0.3, 0.4) is 0 Å². The van der Waals surface area contributed by atoms with Gasteiger partial charge in [-0.3, -0.25) is 4.79 Å². The monoisotopic (exact) mass is 316 g/mol. The van der Waals surface area contributed by atoms with Crippen LogP contribution in [0.4, 0.5) is 13.2 Å². The van der Waals surface area contributed by atoms with Crippen molar-refractivity contribution in [3.63, 3.8) is 0 Å². The molecule has 122 valence electrons. The SMILES string of the molecule is CC(Oc1ccccc1C(F)(F)F)C(=O)N1CCNC[C@@H]1C. The van der Waals surface area contributed by atoms with E-state index in [1.165, 1.54) is 25.1 Å². The number of amides is 1. The maximum Gasteiger partial charge on any atom is 0.419 e. The third-order valence-electron chi connectivity index (χ3n) is 3.63. The van der Waals surface area contributed by atoms with Crippen LogP contribution in [0.5, 0.6) is 5.75 Å². The van der Waals surface area contributed by atoms with Gasteiger partial charge in [-0.1, -0.05) is 12.1 Å². The van der Waals surface area contributed by atoms with Crippen LogP contribution in [-0.4, -0.2) is 42.6 Å². The number of para-hydroxylation sites is 1. The lowest BCUT2D eigenvalue weighted by Gasteiger charge is -2.35. The molecule has 2 atom stereocenters. The number of benzene rings is 1. The number of carbonyl (C=O) groups is 1. The maximum absolute atomic E-state index is 12.9. The molecule has 1 amide bonds. The second kappa shape index (κ2) is 6.56. The van der Waals surface area contributed by atoms with Crippen molar-refractivity contribution in [3.8, 4) is 5.75 Å². The Morgan fingerprint density at radius 1 is 1.41 bits per heavy atom. The van der Waals surface area contributed by atoms with E-state index in [0.29, 0.717) is 19.6 Å². The average Bonchev–Trinajstić information content (AvgIpc) is 2.46. The van der Waals surface area contributed by atoms with E-state index in [9.17, 15) is 18.0 Å². The van der Waals surface area contributed by atoms with Crippen LogP contribution >= 0.6 is 0 Å². The smallest absolute Gasteiger partial charge is 0.419 e. The first-order valence-corrected chi connectivity index (χ1v) is 7.15. The lowest BCUT2D eigenvalue weighted by atomic mass is 10.1. The Labute approximate surface area is 127 Å². The van der Waals surface area contributed by atoms with E-state index in [0.717, 1.165) is 6.07 Å². The van der Waals surface area contributed by atoms with Crippen molar-refractivity contribution >= 4 is 5.91 Å². The van der Waals surface area contributed by atoms with E-state index in [4.69, 9.17) is 4.74 Å². The van der Waals surface area contributed by atoms with Crippen molar-refractivity contribution in [2.75, 3.05) is 19.6 Å². The predicted molar refractivity (Wildman–Crippen MR) is 75.6 cm³/mol.